The number of aliphatic hydroxyl groups is 1. The van der Waals surface area contributed by atoms with E-state index in [9.17, 15) is 5.11 Å². The summed E-state index contributed by atoms with van der Waals surface area (Å²) in [5.41, 5.74) is -0.644. The largest absolute Gasteiger partial charge is 0.389 e. The minimum atomic E-state index is -0.644. The van der Waals surface area contributed by atoms with Crippen molar-refractivity contribution in [3.8, 4) is 12.3 Å². The van der Waals surface area contributed by atoms with Gasteiger partial charge in [0, 0.05) is 6.42 Å². The normalized spacial score (nSPS) is 16.8. The van der Waals surface area contributed by atoms with Crippen LogP contribution in [0.5, 0.6) is 0 Å². The highest BCUT2D eigenvalue weighted by molar-refractivity contribution is 4.92. The zero-order chi connectivity index (χ0) is 6.62. The minimum absolute atomic E-state index is 0.448. The molecule has 0 aliphatic heterocycles. The molecule has 8 heavy (non-hydrogen) atoms. The highest BCUT2D eigenvalue weighted by atomic mass is 16.3. The van der Waals surface area contributed by atoms with E-state index in [4.69, 9.17) is 6.42 Å². The Bertz CT molecular complexity index is 97.4. The molecule has 1 N–H and O–H groups in total. The zero-order valence-electron chi connectivity index (χ0n) is 5.44. The van der Waals surface area contributed by atoms with Gasteiger partial charge in [0.2, 0.25) is 0 Å². The molecule has 0 aromatic rings. The van der Waals surface area contributed by atoms with E-state index < -0.39 is 5.60 Å². The Morgan fingerprint density at radius 3 is 2.38 bits per heavy atom. The van der Waals surface area contributed by atoms with Crippen LogP contribution in [0, 0.1) is 12.3 Å². The fraction of sp³-hybridized carbons (Fsp3) is 0.714. The van der Waals surface area contributed by atoms with Crippen molar-refractivity contribution in [2.45, 2.75) is 32.3 Å². The molecule has 0 amide bonds. The number of terminal acetylenes is 1. The van der Waals surface area contributed by atoms with Gasteiger partial charge in [0.25, 0.3) is 0 Å². The monoisotopic (exact) mass is 112 g/mol. The van der Waals surface area contributed by atoms with Crippen LogP contribution in [0.15, 0.2) is 0 Å². The second-order valence-corrected chi connectivity index (χ2v) is 2.23. The van der Waals surface area contributed by atoms with Gasteiger partial charge in [0.1, 0.15) is 0 Å². The van der Waals surface area contributed by atoms with Gasteiger partial charge in [-0.3, -0.25) is 0 Å². The maximum absolute atomic E-state index is 9.18. The highest BCUT2D eigenvalue weighted by Gasteiger charge is 2.14. The van der Waals surface area contributed by atoms with Crippen LogP contribution < -0.4 is 0 Å². The van der Waals surface area contributed by atoms with E-state index in [0.29, 0.717) is 6.42 Å². The molecule has 1 atom stereocenters. The summed E-state index contributed by atoms with van der Waals surface area (Å²) in [5.74, 6) is 2.41. The van der Waals surface area contributed by atoms with E-state index in [0.717, 1.165) is 6.42 Å². The molecule has 1 nitrogen and oxygen atoms in total. The third kappa shape index (κ3) is 2.65. The number of hydrogen-bond donors (Lipinski definition) is 1. The van der Waals surface area contributed by atoms with Crippen molar-refractivity contribution in [1.82, 2.24) is 0 Å². The van der Waals surface area contributed by atoms with Gasteiger partial charge in [-0.1, -0.05) is 6.92 Å². The molecule has 0 radical (unpaired) electrons. The van der Waals surface area contributed by atoms with Crippen molar-refractivity contribution < 1.29 is 5.11 Å². The molecule has 0 saturated carbocycles. The lowest BCUT2D eigenvalue weighted by Gasteiger charge is -2.16. The first kappa shape index (κ1) is 7.52. The molecule has 0 aliphatic carbocycles. The average molecular weight is 112 g/mol. The van der Waals surface area contributed by atoms with Crippen molar-refractivity contribution in [3.05, 3.63) is 0 Å². The molecule has 0 saturated heterocycles. The Kier molecular flexibility index (Phi) is 2.57. The molecule has 0 fully saturated rings. The van der Waals surface area contributed by atoms with Crippen LogP contribution in [-0.4, -0.2) is 10.7 Å². The van der Waals surface area contributed by atoms with E-state index in [1.54, 1.807) is 6.92 Å². The van der Waals surface area contributed by atoms with Crippen molar-refractivity contribution in [2.75, 3.05) is 0 Å². The Morgan fingerprint density at radius 1 is 1.75 bits per heavy atom. The Balaban J connectivity index is 3.58. The zero-order valence-corrected chi connectivity index (χ0v) is 5.44. The molecule has 0 spiro atoms. The van der Waals surface area contributed by atoms with Crippen LogP contribution in [0.4, 0.5) is 0 Å². The first-order valence-corrected chi connectivity index (χ1v) is 2.78. The van der Waals surface area contributed by atoms with E-state index >= 15 is 0 Å². The van der Waals surface area contributed by atoms with E-state index in [1.807, 2.05) is 6.92 Å². The fourth-order valence-electron chi connectivity index (χ4n) is 0.345. The first-order chi connectivity index (χ1) is 3.62. The predicted molar refractivity (Wildman–Crippen MR) is 34.4 cm³/mol. The molecule has 0 heterocycles. The number of rotatable bonds is 2. The van der Waals surface area contributed by atoms with Gasteiger partial charge < -0.3 is 5.11 Å². The second kappa shape index (κ2) is 2.74. The summed E-state index contributed by atoms with van der Waals surface area (Å²) in [5, 5.41) is 9.18. The van der Waals surface area contributed by atoms with Crippen LogP contribution in [0.1, 0.15) is 26.7 Å². The summed E-state index contributed by atoms with van der Waals surface area (Å²) < 4.78 is 0. The highest BCUT2D eigenvalue weighted by Crippen LogP contribution is 2.11. The summed E-state index contributed by atoms with van der Waals surface area (Å²) in [6, 6.07) is 0. The lowest BCUT2D eigenvalue weighted by Crippen LogP contribution is -2.21. The Hall–Kier alpha value is -0.480. The number of hydrogen-bond acceptors (Lipinski definition) is 1. The van der Waals surface area contributed by atoms with Crippen molar-refractivity contribution in [1.29, 1.82) is 0 Å². The predicted octanol–water partition coefficient (Wildman–Crippen LogP) is 1.17. The topological polar surface area (TPSA) is 20.2 Å². The van der Waals surface area contributed by atoms with Crippen LogP contribution in [0.2, 0.25) is 0 Å². The molecular formula is C7H12O. The maximum Gasteiger partial charge on any atom is 0.0725 e. The van der Waals surface area contributed by atoms with E-state index in [2.05, 4.69) is 5.92 Å². The molecule has 46 valence electrons. The molecule has 0 bridgehead atoms. The van der Waals surface area contributed by atoms with Crippen LogP contribution in [-0.2, 0) is 0 Å². The lowest BCUT2D eigenvalue weighted by atomic mass is 10.0. The van der Waals surface area contributed by atoms with Gasteiger partial charge in [-0.2, -0.15) is 0 Å². The summed E-state index contributed by atoms with van der Waals surface area (Å²) >= 11 is 0. The lowest BCUT2D eigenvalue weighted by molar-refractivity contribution is 0.0615. The molecule has 0 aliphatic rings. The fourth-order valence-corrected chi connectivity index (χ4v) is 0.345. The smallest absolute Gasteiger partial charge is 0.0725 e. The second-order valence-electron chi connectivity index (χ2n) is 2.23. The molecule has 0 aromatic heterocycles. The maximum atomic E-state index is 9.18. The summed E-state index contributed by atoms with van der Waals surface area (Å²) in [4.78, 5) is 0. The quantitative estimate of drug-likeness (QED) is 0.532. The van der Waals surface area contributed by atoms with E-state index in [-0.39, 0.29) is 0 Å². The third-order valence-electron chi connectivity index (χ3n) is 1.24. The molecule has 0 rings (SSSR count). The standard InChI is InChI=1S/C7H12O/c1-4-6-7(3,8)5-2/h1,8H,5-6H2,2-3H3. The Morgan fingerprint density at radius 2 is 2.25 bits per heavy atom. The van der Waals surface area contributed by atoms with Gasteiger partial charge in [0.15, 0.2) is 0 Å². The van der Waals surface area contributed by atoms with Crippen LogP contribution in [0.25, 0.3) is 0 Å². The first-order valence-electron chi connectivity index (χ1n) is 2.78. The van der Waals surface area contributed by atoms with Gasteiger partial charge >= 0.3 is 0 Å². The molecular weight excluding hydrogens is 100 g/mol. The summed E-state index contributed by atoms with van der Waals surface area (Å²) in [6.45, 7) is 3.66. The average Bonchev–Trinajstić information content (AvgIpc) is 1.67. The van der Waals surface area contributed by atoms with Crippen LogP contribution >= 0.6 is 0 Å². The van der Waals surface area contributed by atoms with Gasteiger partial charge in [-0.25, -0.2) is 0 Å². The SMILES string of the molecule is C#CCC(C)(O)CC. The van der Waals surface area contributed by atoms with Gasteiger partial charge in [-0.15, -0.1) is 12.3 Å². The molecule has 1 heteroatoms. The summed E-state index contributed by atoms with van der Waals surface area (Å²) in [7, 11) is 0. The van der Waals surface area contributed by atoms with E-state index in [1.165, 1.54) is 0 Å². The van der Waals surface area contributed by atoms with Gasteiger partial charge in [-0.05, 0) is 13.3 Å². The minimum Gasteiger partial charge on any atom is -0.389 e. The van der Waals surface area contributed by atoms with Crippen molar-refractivity contribution in [2.24, 2.45) is 0 Å². The molecule has 0 aromatic carbocycles. The van der Waals surface area contributed by atoms with Crippen LogP contribution in [0.3, 0.4) is 0 Å². The van der Waals surface area contributed by atoms with Crippen molar-refractivity contribution in [3.63, 3.8) is 0 Å². The van der Waals surface area contributed by atoms with Crippen molar-refractivity contribution >= 4 is 0 Å². The van der Waals surface area contributed by atoms with Gasteiger partial charge in [0.05, 0.1) is 5.60 Å². The molecule has 1 unspecified atom stereocenters. The summed E-state index contributed by atoms with van der Waals surface area (Å²) in [6.07, 6.45) is 6.15. The Labute approximate surface area is 50.7 Å². The third-order valence-corrected chi connectivity index (χ3v) is 1.24.